The summed E-state index contributed by atoms with van der Waals surface area (Å²) in [6.07, 6.45) is 0. The Kier molecular flexibility index (Phi) is 5.84. The van der Waals surface area contributed by atoms with Crippen molar-refractivity contribution in [1.82, 2.24) is 5.32 Å². The van der Waals surface area contributed by atoms with Crippen molar-refractivity contribution in [2.24, 2.45) is 0 Å². The second kappa shape index (κ2) is 8.47. The van der Waals surface area contributed by atoms with Gasteiger partial charge < -0.3 is 10.6 Å². The zero-order chi connectivity index (χ0) is 19.2. The molecule has 0 aliphatic rings. The van der Waals surface area contributed by atoms with Crippen LogP contribution in [0.15, 0.2) is 72.8 Å². The van der Waals surface area contributed by atoms with E-state index < -0.39 is 0 Å². The SMILES string of the molecule is O=C(NCc1ccccc1F)c1ccc(NC(=O)c2ccccc2Cl)cc1. The van der Waals surface area contributed by atoms with E-state index in [0.29, 0.717) is 27.4 Å². The van der Waals surface area contributed by atoms with Gasteiger partial charge in [0.2, 0.25) is 0 Å². The van der Waals surface area contributed by atoms with Crippen LogP contribution >= 0.6 is 11.6 Å². The first kappa shape index (κ1) is 18.6. The third-order valence-corrected chi connectivity index (χ3v) is 4.25. The summed E-state index contributed by atoms with van der Waals surface area (Å²) in [6.45, 7) is 0.0938. The lowest BCUT2D eigenvalue weighted by Gasteiger charge is -2.09. The molecule has 2 amide bonds. The Morgan fingerprint density at radius 1 is 0.852 bits per heavy atom. The van der Waals surface area contributed by atoms with Crippen LogP contribution in [0.5, 0.6) is 0 Å². The fourth-order valence-corrected chi connectivity index (χ4v) is 2.69. The number of anilines is 1. The van der Waals surface area contributed by atoms with Gasteiger partial charge in [-0.05, 0) is 42.5 Å². The number of carbonyl (C=O) groups is 2. The van der Waals surface area contributed by atoms with Crippen molar-refractivity contribution in [2.75, 3.05) is 5.32 Å². The summed E-state index contributed by atoms with van der Waals surface area (Å²) in [7, 11) is 0. The molecular formula is C21H16ClFN2O2. The Bertz CT molecular complexity index is 974. The summed E-state index contributed by atoms with van der Waals surface area (Å²) in [4.78, 5) is 24.4. The molecular weight excluding hydrogens is 367 g/mol. The van der Waals surface area contributed by atoms with Crippen LogP contribution in [0.3, 0.4) is 0 Å². The Morgan fingerprint density at radius 2 is 1.52 bits per heavy atom. The molecule has 0 saturated heterocycles. The van der Waals surface area contributed by atoms with E-state index in [2.05, 4.69) is 10.6 Å². The van der Waals surface area contributed by atoms with E-state index in [1.54, 1.807) is 66.7 Å². The minimum Gasteiger partial charge on any atom is -0.348 e. The zero-order valence-corrected chi connectivity index (χ0v) is 15.0. The molecule has 0 bridgehead atoms. The fraction of sp³-hybridized carbons (Fsp3) is 0.0476. The van der Waals surface area contributed by atoms with E-state index in [-0.39, 0.29) is 24.2 Å². The lowest BCUT2D eigenvalue weighted by Crippen LogP contribution is -2.23. The van der Waals surface area contributed by atoms with Crippen LogP contribution in [0.2, 0.25) is 5.02 Å². The van der Waals surface area contributed by atoms with Gasteiger partial charge in [-0.2, -0.15) is 0 Å². The smallest absolute Gasteiger partial charge is 0.257 e. The number of nitrogens with one attached hydrogen (secondary N) is 2. The lowest BCUT2D eigenvalue weighted by atomic mass is 10.1. The van der Waals surface area contributed by atoms with E-state index in [1.807, 2.05) is 0 Å². The molecule has 6 heteroatoms. The summed E-state index contributed by atoms with van der Waals surface area (Å²) in [5.41, 5.74) is 1.72. The minimum atomic E-state index is -0.365. The van der Waals surface area contributed by atoms with E-state index >= 15 is 0 Å². The quantitative estimate of drug-likeness (QED) is 0.674. The number of hydrogen-bond donors (Lipinski definition) is 2. The Hall–Kier alpha value is -3.18. The average molecular weight is 383 g/mol. The predicted octanol–water partition coefficient (Wildman–Crippen LogP) is 4.66. The third-order valence-electron chi connectivity index (χ3n) is 3.92. The molecule has 3 aromatic carbocycles. The van der Waals surface area contributed by atoms with Crippen molar-refractivity contribution in [3.05, 3.63) is 100 Å². The molecule has 3 rings (SSSR count). The first-order valence-electron chi connectivity index (χ1n) is 8.22. The minimum absolute atomic E-state index is 0.0938. The monoisotopic (exact) mass is 382 g/mol. The summed E-state index contributed by atoms with van der Waals surface area (Å²) < 4.78 is 13.6. The second-order valence-corrected chi connectivity index (χ2v) is 6.19. The molecule has 0 spiro atoms. The largest absolute Gasteiger partial charge is 0.348 e. The molecule has 0 heterocycles. The van der Waals surface area contributed by atoms with Gasteiger partial charge in [0.15, 0.2) is 0 Å². The summed E-state index contributed by atoms with van der Waals surface area (Å²) >= 11 is 6.01. The molecule has 0 unspecified atom stereocenters. The maximum Gasteiger partial charge on any atom is 0.257 e. The molecule has 0 aliphatic carbocycles. The summed E-state index contributed by atoms with van der Waals surface area (Å²) in [6, 6.07) is 19.4. The van der Waals surface area contributed by atoms with Crippen molar-refractivity contribution >= 4 is 29.1 Å². The predicted molar refractivity (Wildman–Crippen MR) is 103 cm³/mol. The number of rotatable bonds is 5. The highest BCUT2D eigenvalue weighted by Crippen LogP contribution is 2.17. The van der Waals surface area contributed by atoms with E-state index in [0.717, 1.165) is 0 Å². The molecule has 27 heavy (non-hydrogen) atoms. The summed E-state index contributed by atoms with van der Waals surface area (Å²) in [5, 5.41) is 5.75. The molecule has 136 valence electrons. The Labute approximate surface area is 161 Å². The molecule has 0 aliphatic heterocycles. The van der Waals surface area contributed by atoms with Crippen molar-refractivity contribution in [3.63, 3.8) is 0 Å². The molecule has 0 aromatic heterocycles. The van der Waals surface area contributed by atoms with Gasteiger partial charge in [-0.25, -0.2) is 4.39 Å². The van der Waals surface area contributed by atoms with E-state index in [4.69, 9.17) is 11.6 Å². The van der Waals surface area contributed by atoms with Gasteiger partial charge in [-0.15, -0.1) is 0 Å². The molecule has 3 aromatic rings. The molecule has 4 nitrogen and oxygen atoms in total. The van der Waals surface area contributed by atoms with Gasteiger partial charge in [0.25, 0.3) is 11.8 Å². The van der Waals surface area contributed by atoms with Gasteiger partial charge in [0.05, 0.1) is 10.6 Å². The number of hydrogen-bond acceptors (Lipinski definition) is 2. The summed E-state index contributed by atoms with van der Waals surface area (Å²) in [5.74, 6) is -1.03. The van der Waals surface area contributed by atoms with Gasteiger partial charge >= 0.3 is 0 Å². The van der Waals surface area contributed by atoms with Crippen LogP contribution in [-0.2, 0) is 6.54 Å². The van der Waals surface area contributed by atoms with Gasteiger partial charge in [-0.1, -0.05) is 41.9 Å². The number of halogens is 2. The maximum absolute atomic E-state index is 13.6. The second-order valence-electron chi connectivity index (χ2n) is 5.79. The van der Waals surface area contributed by atoms with Crippen LogP contribution in [-0.4, -0.2) is 11.8 Å². The first-order chi connectivity index (χ1) is 13.0. The highest BCUT2D eigenvalue weighted by molar-refractivity contribution is 6.34. The number of amides is 2. The van der Waals surface area contributed by atoms with E-state index in [1.165, 1.54) is 6.07 Å². The van der Waals surface area contributed by atoms with Gasteiger partial charge in [-0.3, -0.25) is 9.59 Å². The highest BCUT2D eigenvalue weighted by atomic mass is 35.5. The normalized spacial score (nSPS) is 10.3. The molecule has 0 atom stereocenters. The van der Waals surface area contributed by atoms with Crippen molar-refractivity contribution < 1.29 is 14.0 Å². The topological polar surface area (TPSA) is 58.2 Å². The molecule has 0 radical (unpaired) electrons. The van der Waals surface area contributed by atoms with Crippen LogP contribution < -0.4 is 10.6 Å². The van der Waals surface area contributed by atoms with Crippen molar-refractivity contribution in [3.8, 4) is 0 Å². The van der Waals surface area contributed by atoms with Crippen LogP contribution in [0.1, 0.15) is 26.3 Å². The average Bonchev–Trinajstić information content (AvgIpc) is 2.68. The lowest BCUT2D eigenvalue weighted by molar-refractivity contribution is 0.0950. The van der Waals surface area contributed by atoms with Crippen LogP contribution in [0, 0.1) is 5.82 Å². The van der Waals surface area contributed by atoms with Crippen molar-refractivity contribution in [2.45, 2.75) is 6.54 Å². The fourth-order valence-electron chi connectivity index (χ4n) is 2.47. The van der Waals surface area contributed by atoms with E-state index in [9.17, 15) is 14.0 Å². The van der Waals surface area contributed by atoms with Crippen LogP contribution in [0.4, 0.5) is 10.1 Å². The molecule has 2 N–H and O–H groups in total. The standard InChI is InChI=1S/C21H16ClFN2O2/c22-18-7-3-2-6-17(18)21(27)25-16-11-9-14(10-12-16)20(26)24-13-15-5-1-4-8-19(15)23/h1-12H,13H2,(H,24,26)(H,25,27). The molecule has 0 saturated carbocycles. The Morgan fingerprint density at radius 3 is 2.22 bits per heavy atom. The zero-order valence-electron chi connectivity index (χ0n) is 14.2. The van der Waals surface area contributed by atoms with Crippen molar-refractivity contribution in [1.29, 1.82) is 0 Å². The van der Waals surface area contributed by atoms with Gasteiger partial charge in [0, 0.05) is 23.4 Å². The maximum atomic E-state index is 13.6. The van der Waals surface area contributed by atoms with Gasteiger partial charge in [0.1, 0.15) is 5.82 Å². The highest BCUT2D eigenvalue weighted by Gasteiger charge is 2.11. The third kappa shape index (κ3) is 4.71. The molecule has 0 fully saturated rings. The first-order valence-corrected chi connectivity index (χ1v) is 8.60. The number of benzene rings is 3. The number of carbonyl (C=O) groups excluding carboxylic acids is 2. The van der Waals surface area contributed by atoms with Crippen LogP contribution in [0.25, 0.3) is 0 Å². The Balaban J connectivity index is 1.61.